The highest BCUT2D eigenvalue weighted by molar-refractivity contribution is 5.93. The number of carbonyl (C=O) groups excluding carboxylic acids is 5. The first-order chi connectivity index (χ1) is 23.3. The maximum absolute atomic E-state index is 14.2. The van der Waals surface area contributed by atoms with Crippen LogP contribution in [0, 0.1) is 0 Å². The van der Waals surface area contributed by atoms with Gasteiger partial charge in [-0.1, -0.05) is 60.7 Å². The summed E-state index contributed by atoms with van der Waals surface area (Å²) in [7, 11) is 0. The summed E-state index contributed by atoms with van der Waals surface area (Å²) in [6, 6.07) is 14.2. The van der Waals surface area contributed by atoms with Crippen molar-refractivity contribution in [3.63, 3.8) is 0 Å². The number of nitrogens with two attached hydrogens (primary N) is 1. The molecule has 0 unspecified atom stereocenters. The van der Waals surface area contributed by atoms with Gasteiger partial charge in [-0.15, -0.1) is 0 Å². The third-order valence-electron chi connectivity index (χ3n) is 8.41. The number of alkyl carbamates (subject to hydrolysis) is 1. The summed E-state index contributed by atoms with van der Waals surface area (Å²) in [4.78, 5) is 69.4. The summed E-state index contributed by atoms with van der Waals surface area (Å²) >= 11 is 0. The number of morpholine rings is 1. The average molecular weight is 681 g/mol. The van der Waals surface area contributed by atoms with Crippen molar-refractivity contribution in [1.82, 2.24) is 25.8 Å². The Morgan fingerprint density at radius 2 is 1.57 bits per heavy atom. The predicted octanol–water partition coefficient (Wildman–Crippen LogP) is 0.462. The van der Waals surface area contributed by atoms with Crippen LogP contribution in [0.5, 0.6) is 0 Å². The molecule has 0 radical (unpaired) electrons. The molecule has 0 spiro atoms. The summed E-state index contributed by atoms with van der Waals surface area (Å²) < 4.78 is 10.7. The fraction of sp³-hybridized carbons (Fsp3) is 0.514. The molecule has 2 aromatic rings. The second kappa shape index (κ2) is 17.2. The van der Waals surface area contributed by atoms with Crippen LogP contribution in [0.1, 0.15) is 44.7 Å². The number of rotatable bonds is 13. The smallest absolute Gasteiger partial charge is 0.408 e. The van der Waals surface area contributed by atoms with E-state index in [1.54, 1.807) is 54.6 Å². The third kappa shape index (κ3) is 11.3. The van der Waals surface area contributed by atoms with Gasteiger partial charge in [0.25, 0.3) is 5.91 Å². The van der Waals surface area contributed by atoms with E-state index in [1.165, 1.54) is 4.90 Å². The quantitative estimate of drug-likeness (QED) is 0.200. The van der Waals surface area contributed by atoms with E-state index in [0.717, 1.165) is 0 Å². The monoisotopic (exact) mass is 680 g/mol. The molecule has 2 aliphatic heterocycles. The van der Waals surface area contributed by atoms with E-state index in [1.807, 2.05) is 26.8 Å². The van der Waals surface area contributed by atoms with Crippen LogP contribution < -0.4 is 21.7 Å². The lowest BCUT2D eigenvalue weighted by Crippen LogP contribution is -2.59. The highest BCUT2D eigenvalue weighted by Crippen LogP contribution is 2.26. The van der Waals surface area contributed by atoms with Crippen LogP contribution in [0.3, 0.4) is 0 Å². The number of hydrogen-bond acceptors (Lipinski definition) is 9. The van der Waals surface area contributed by atoms with Crippen LogP contribution in [-0.4, -0.2) is 113 Å². The van der Waals surface area contributed by atoms with Crippen molar-refractivity contribution in [1.29, 1.82) is 0 Å². The van der Waals surface area contributed by atoms with Crippen molar-refractivity contribution in [2.24, 2.45) is 5.73 Å². The number of nitrogens with zero attached hydrogens (tertiary/aromatic N) is 2. The predicted molar refractivity (Wildman–Crippen MR) is 180 cm³/mol. The maximum Gasteiger partial charge on any atom is 0.408 e. The highest BCUT2D eigenvalue weighted by Gasteiger charge is 2.45. The fourth-order valence-electron chi connectivity index (χ4n) is 6.02. The molecule has 4 rings (SSSR count). The lowest BCUT2D eigenvalue weighted by Gasteiger charge is -2.33. The van der Waals surface area contributed by atoms with Gasteiger partial charge < -0.3 is 41.2 Å². The second-order valence-corrected chi connectivity index (χ2v) is 13.5. The first-order valence-corrected chi connectivity index (χ1v) is 16.5. The Kier molecular flexibility index (Phi) is 13.1. The summed E-state index contributed by atoms with van der Waals surface area (Å²) in [5.74, 6) is -2.78. The first-order valence-electron chi connectivity index (χ1n) is 16.5. The molecule has 0 aromatic heterocycles. The molecule has 6 N–H and O–H groups in total. The molecule has 2 aliphatic rings. The molecule has 0 aliphatic carbocycles. The number of carbonyl (C=O) groups is 5. The number of hydrogen-bond donors (Lipinski definition) is 5. The second-order valence-electron chi connectivity index (χ2n) is 13.5. The van der Waals surface area contributed by atoms with E-state index in [-0.39, 0.29) is 31.5 Å². The Bertz CT molecular complexity index is 1430. The molecule has 0 bridgehead atoms. The van der Waals surface area contributed by atoms with Crippen LogP contribution in [0.4, 0.5) is 4.79 Å². The number of primary amides is 1. The summed E-state index contributed by atoms with van der Waals surface area (Å²) in [5, 5.41) is 19.7. The van der Waals surface area contributed by atoms with Crippen molar-refractivity contribution in [3.05, 3.63) is 71.8 Å². The van der Waals surface area contributed by atoms with E-state index in [0.29, 0.717) is 43.9 Å². The van der Waals surface area contributed by atoms with Crippen molar-refractivity contribution < 1.29 is 38.6 Å². The summed E-state index contributed by atoms with van der Waals surface area (Å²) in [6.45, 7) is 8.04. The number of aliphatic hydroxyl groups excluding tert-OH is 1. The van der Waals surface area contributed by atoms with E-state index in [4.69, 9.17) is 15.2 Å². The Morgan fingerprint density at radius 3 is 2.16 bits per heavy atom. The van der Waals surface area contributed by atoms with Crippen LogP contribution in [0.2, 0.25) is 0 Å². The van der Waals surface area contributed by atoms with E-state index >= 15 is 0 Å². The van der Waals surface area contributed by atoms with Crippen molar-refractivity contribution in [2.75, 3.05) is 32.8 Å². The standard InChI is InChI=1S/C35H48N6O8/c1-35(2,3)39-32(45)28-19-25(40-14-16-48-17-15-40)21-41(28)33(46)30(43)26(18-23-10-6-4-7-11-23)37-31(44)27(20-29(36)42)38-34(47)49-22-24-12-8-5-9-13-24/h4-13,25-28,30,43H,14-22H2,1-3H3,(H2,36,42)(H,37,44)(H,38,47)(H,39,45)/t25-,26-,27-,28-,30-/m0/s1. The number of aliphatic hydroxyl groups is 1. The molecular weight excluding hydrogens is 632 g/mol. The molecule has 2 heterocycles. The Morgan fingerprint density at radius 1 is 0.959 bits per heavy atom. The molecule has 14 heteroatoms. The van der Waals surface area contributed by atoms with Gasteiger partial charge in [-0.05, 0) is 44.7 Å². The van der Waals surface area contributed by atoms with Gasteiger partial charge in [-0.3, -0.25) is 24.1 Å². The zero-order valence-electron chi connectivity index (χ0n) is 28.3. The fourth-order valence-corrected chi connectivity index (χ4v) is 6.02. The van der Waals surface area contributed by atoms with Gasteiger partial charge in [0.15, 0.2) is 6.10 Å². The molecular formula is C35H48N6O8. The van der Waals surface area contributed by atoms with Gasteiger partial charge in [0.05, 0.1) is 25.7 Å². The number of ether oxygens (including phenoxy) is 2. The van der Waals surface area contributed by atoms with Gasteiger partial charge in [0, 0.05) is 31.2 Å². The number of likely N-dealkylation sites (tertiary alicyclic amines) is 1. The molecule has 2 saturated heterocycles. The summed E-state index contributed by atoms with van der Waals surface area (Å²) in [6.07, 6.45) is -2.90. The number of nitrogens with one attached hydrogen (secondary N) is 3. The lowest BCUT2D eigenvalue weighted by atomic mass is 9.99. The average Bonchev–Trinajstić information content (AvgIpc) is 3.52. The van der Waals surface area contributed by atoms with Gasteiger partial charge in [0.1, 0.15) is 18.7 Å². The van der Waals surface area contributed by atoms with Gasteiger partial charge in [-0.25, -0.2) is 4.79 Å². The highest BCUT2D eigenvalue weighted by atomic mass is 16.5. The number of amides is 5. The zero-order valence-corrected chi connectivity index (χ0v) is 28.3. The molecule has 49 heavy (non-hydrogen) atoms. The largest absolute Gasteiger partial charge is 0.445 e. The SMILES string of the molecule is CC(C)(C)NC(=O)[C@@H]1C[C@H](N2CCOCC2)CN1C(=O)[C@@H](O)[C@H](Cc1ccccc1)NC(=O)[C@H](CC(N)=O)NC(=O)OCc1ccccc1. The molecule has 14 nitrogen and oxygen atoms in total. The molecule has 5 atom stereocenters. The topological polar surface area (TPSA) is 193 Å². The maximum atomic E-state index is 14.2. The summed E-state index contributed by atoms with van der Waals surface area (Å²) in [5.41, 5.74) is 6.27. The van der Waals surface area contributed by atoms with Crippen LogP contribution in [0.15, 0.2) is 60.7 Å². The minimum atomic E-state index is -1.78. The van der Waals surface area contributed by atoms with Gasteiger partial charge >= 0.3 is 6.09 Å². The van der Waals surface area contributed by atoms with Crippen molar-refractivity contribution in [3.8, 4) is 0 Å². The third-order valence-corrected chi connectivity index (χ3v) is 8.41. The normalized spacial score (nSPS) is 20.0. The number of benzene rings is 2. The lowest BCUT2D eigenvalue weighted by molar-refractivity contribution is -0.147. The zero-order chi connectivity index (χ0) is 35.6. The first kappa shape index (κ1) is 37.3. The van der Waals surface area contributed by atoms with Crippen LogP contribution in [0.25, 0.3) is 0 Å². The van der Waals surface area contributed by atoms with Crippen molar-refractivity contribution in [2.45, 2.75) is 82.5 Å². The van der Waals surface area contributed by atoms with Gasteiger partial charge in [0.2, 0.25) is 17.7 Å². The van der Waals surface area contributed by atoms with E-state index in [9.17, 15) is 29.1 Å². The molecule has 2 fully saturated rings. The Hall–Kier alpha value is -4.53. The molecule has 0 saturated carbocycles. The van der Waals surface area contributed by atoms with Crippen molar-refractivity contribution >= 4 is 29.7 Å². The molecule has 5 amide bonds. The van der Waals surface area contributed by atoms with Crippen LogP contribution >= 0.6 is 0 Å². The molecule has 2 aromatic carbocycles. The van der Waals surface area contributed by atoms with Crippen LogP contribution in [-0.2, 0) is 41.7 Å². The van der Waals surface area contributed by atoms with E-state index in [2.05, 4.69) is 20.9 Å². The Balaban J connectivity index is 1.54. The van der Waals surface area contributed by atoms with Gasteiger partial charge in [-0.2, -0.15) is 0 Å². The Labute approximate surface area is 286 Å². The molecule has 266 valence electrons. The van der Waals surface area contributed by atoms with E-state index < -0.39 is 60.0 Å². The minimum Gasteiger partial charge on any atom is -0.445 e. The minimum absolute atomic E-state index is 0.0286.